The van der Waals surface area contributed by atoms with Crippen molar-refractivity contribution in [1.82, 2.24) is 9.47 Å². The zero-order chi connectivity index (χ0) is 22.0. The molecule has 1 aliphatic heterocycles. The smallest absolute Gasteiger partial charge is 0.223 e. The van der Waals surface area contributed by atoms with E-state index in [1.165, 1.54) is 22.0 Å². The van der Waals surface area contributed by atoms with Crippen LogP contribution in [0.3, 0.4) is 0 Å². The average Bonchev–Trinajstić information content (AvgIpc) is 3.41. The van der Waals surface area contributed by atoms with Crippen molar-refractivity contribution in [2.24, 2.45) is 5.41 Å². The standard InChI is InChI=1S/C27H34N2O2/c1-27(2,3)24(17-26(30)28-15-7-8-16-28)23-19-29(25-10-6-5-9-22(23)25)18-20-11-13-21(31-4)14-12-20/h5-6,9-14,19,24H,7-8,15-18H2,1-4H3. The van der Waals surface area contributed by atoms with Crippen LogP contribution in [0.25, 0.3) is 10.9 Å². The highest BCUT2D eigenvalue weighted by Gasteiger charge is 2.33. The molecule has 0 bridgehead atoms. The number of likely N-dealkylation sites (tertiary alicyclic amines) is 1. The maximum atomic E-state index is 13.1. The van der Waals surface area contributed by atoms with Crippen molar-refractivity contribution in [2.75, 3.05) is 20.2 Å². The second-order valence-corrected chi connectivity index (χ2v) is 9.79. The van der Waals surface area contributed by atoms with E-state index < -0.39 is 0 Å². The lowest BCUT2D eigenvalue weighted by atomic mass is 9.74. The van der Waals surface area contributed by atoms with E-state index in [0.717, 1.165) is 38.2 Å². The van der Waals surface area contributed by atoms with E-state index in [1.807, 2.05) is 12.1 Å². The van der Waals surface area contributed by atoms with Crippen LogP contribution in [-0.2, 0) is 11.3 Å². The van der Waals surface area contributed by atoms with Gasteiger partial charge in [0.25, 0.3) is 0 Å². The fourth-order valence-electron chi connectivity index (χ4n) is 4.76. The van der Waals surface area contributed by atoms with Crippen LogP contribution >= 0.6 is 0 Å². The first-order valence-corrected chi connectivity index (χ1v) is 11.4. The molecule has 1 aliphatic rings. The van der Waals surface area contributed by atoms with Gasteiger partial charge in [-0.3, -0.25) is 4.79 Å². The zero-order valence-electron chi connectivity index (χ0n) is 19.2. The number of carbonyl (C=O) groups is 1. The Balaban J connectivity index is 1.69. The van der Waals surface area contributed by atoms with E-state index in [1.54, 1.807) is 7.11 Å². The van der Waals surface area contributed by atoms with Gasteiger partial charge in [-0.25, -0.2) is 0 Å². The molecule has 3 aromatic rings. The average molecular weight is 419 g/mol. The first-order chi connectivity index (χ1) is 14.9. The van der Waals surface area contributed by atoms with E-state index in [2.05, 4.69) is 72.8 Å². The third-order valence-electron chi connectivity index (χ3n) is 6.59. The van der Waals surface area contributed by atoms with Gasteiger partial charge >= 0.3 is 0 Å². The van der Waals surface area contributed by atoms with Gasteiger partial charge in [0.2, 0.25) is 5.91 Å². The molecule has 164 valence electrons. The Bertz CT molecular complexity index is 1040. The SMILES string of the molecule is COc1ccc(Cn2cc(C(CC(=O)N3CCCC3)C(C)(C)C)c3ccccc32)cc1. The molecule has 4 nitrogen and oxygen atoms in total. The topological polar surface area (TPSA) is 34.5 Å². The van der Waals surface area contributed by atoms with Crippen LogP contribution in [0, 0.1) is 5.41 Å². The summed E-state index contributed by atoms with van der Waals surface area (Å²) in [6, 6.07) is 16.8. The number of methoxy groups -OCH3 is 1. The Morgan fingerprint density at radius 2 is 1.71 bits per heavy atom. The molecule has 0 radical (unpaired) electrons. The fraction of sp³-hybridized carbons (Fsp3) is 0.444. The molecule has 0 saturated carbocycles. The van der Waals surface area contributed by atoms with Gasteiger partial charge in [0.05, 0.1) is 7.11 Å². The second kappa shape index (κ2) is 8.78. The molecule has 1 fully saturated rings. The summed E-state index contributed by atoms with van der Waals surface area (Å²) in [7, 11) is 1.69. The van der Waals surface area contributed by atoms with E-state index in [9.17, 15) is 4.79 Å². The van der Waals surface area contributed by atoms with Crippen molar-refractivity contribution in [3.05, 3.63) is 65.9 Å². The number of nitrogens with zero attached hydrogens (tertiary/aromatic N) is 2. The third-order valence-corrected chi connectivity index (χ3v) is 6.59. The number of para-hydroxylation sites is 1. The molecular weight excluding hydrogens is 384 g/mol. The van der Waals surface area contributed by atoms with Crippen molar-refractivity contribution < 1.29 is 9.53 Å². The lowest BCUT2D eigenvalue weighted by Crippen LogP contribution is -2.31. The predicted octanol–water partition coefficient (Wildman–Crippen LogP) is 5.84. The lowest BCUT2D eigenvalue weighted by Gasteiger charge is -2.31. The van der Waals surface area contributed by atoms with Crippen molar-refractivity contribution in [3.8, 4) is 5.75 Å². The van der Waals surface area contributed by atoms with Gasteiger partial charge in [-0.05, 0) is 53.5 Å². The molecule has 4 heteroatoms. The quantitative estimate of drug-likeness (QED) is 0.504. The normalized spacial score (nSPS) is 15.4. The molecular formula is C27H34N2O2. The number of fused-ring (bicyclic) bond motifs is 1. The van der Waals surface area contributed by atoms with Crippen LogP contribution in [0.4, 0.5) is 0 Å². The van der Waals surface area contributed by atoms with Gasteiger partial charge in [0.15, 0.2) is 0 Å². The number of benzene rings is 2. The summed E-state index contributed by atoms with van der Waals surface area (Å²) in [6.45, 7) is 9.38. The van der Waals surface area contributed by atoms with Crippen molar-refractivity contribution >= 4 is 16.8 Å². The Labute approximate surface area is 185 Å². The highest BCUT2D eigenvalue weighted by atomic mass is 16.5. The molecule has 0 spiro atoms. The van der Waals surface area contributed by atoms with Gasteiger partial charge in [0, 0.05) is 43.2 Å². The summed E-state index contributed by atoms with van der Waals surface area (Å²) in [6.07, 6.45) is 5.11. The number of hydrogen-bond donors (Lipinski definition) is 0. The van der Waals surface area contributed by atoms with E-state index in [-0.39, 0.29) is 11.3 Å². The summed E-state index contributed by atoms with van der Waals surface area (Å²) in [4.78, 5) is 15.1. The summed E-state index contributed by atoms with van der Waals surface area (Å²) in [5, 5.41) is 1.25. The maximum Gasteiger partial charge on any atom is 0.223 e. The molecule has 4 rings (SSSR count). The van der Waals surface area contributed by atoms with Crippen LogP contribution < -0.4 is 4.74 Å². The van der Waals surface area contributed by atoms with Gasteiger partial charge < -0.3 is 14.2 Å². The van der Waals surface area contributed by atoms with E-state index in [4.69, 9.17) is 4.74 Å². The first-order valence-electron chi connectivity index (χ1n) is 11.4. The van der Waals surface area contributed by atoms with Crippen molar-refractivity contribution in [3.63, 3.8) is 0 Å². The van der Waals surface area contributed by atoms with Crippen molar-refractivity contribution in [1.29, 1.82) is 0 Å². The molecule has 2 aromatic carbocycles. The second-order valence-electron chi connectivity index (χ2n) is 9.79. The fourth-order valence-corrected chi connectivity index (χ4v) is 4.76. The summed E-state index contributed by atoms with van der Waals surface area (Å²) >= 11 is 0. The number of ether oxygens (including phenoxy) is 1. The van der Waals surface area contributed by atoms with Crippen molar-refractivity contribution in [2.45, 2.75) is 52.5 Å². The van der Waals surface area contributed by atoms with Crippen LogP contribution in [0.2, 0.25) is 0 Å². The van der Waals surface area contributed by atoms with Crippen LogP contribution in [0.1, 0.15) is 57.1 Å². The highest BCUT2D eigenvalue weighted by molar-refractivity contribution is 5.86. The summed E-state index contributed by atoms with van der Waals surface area (Å²) in [5.74, 6) is 1.34. The summed E-state index contributed by atoms with van der Waals surface area (Å²) in [5.41, 5.74) is 3.72. The van der Waals surface area contributed by atoms with Gasteiger partial charge in [-0.15, -0.1) is 0 Å². The van der Waals surface area contributed by atoms with Crippen LogP contribution in [0.15, 0.2) is 54.7 Å². The molecule has 1 unspecified atom stereocenters. The minimum Gasteiger partial charge on any atom is -0.497 e. The first kappa shape index (κ1) is 21.5. The number of rotatable bonds is 6. The molecule has 1 atom stereocenters. The minimum atomic E-state index is -0.00947. The predicted molar refractivity (Wildman–Crippen MR) is 127 cm³/mol. The Kier molecular flexibility index (Phi) is 6.08. The Morgan fingerprint density at radius 3 is 2.35 bits per heavy atom. The monoisotopic (exact) mass is 418 g/mol. The Hall–Kier alpha value is -2.75. The molecule has 1 saturated heterocycles. The van der Waals surface area contributed by atoms with Gasteiger partial charge in [0.1, 0.15) is 5.75 Å². The minimum absolute atomic E-state index is 0.00947. The Morgan fingerprint density at radius 1 is 1.03 bits per heavy atom. The van der Waals surface area contributed by atoms with E-state index in [0.29, 0.717) is 12.3 Å². The summed E-state index contributed by atoms with van der Waals surface area (Å²) < 4.78 is 7.62. The molecule has 2 heterocycles. The third kappa shape index (κ3) is 4.63. The molecule has 1 aromatic heterocycles. The van der Waals surface area contributed by atoms with Crippen LogP contribution in [-0.4, -0.2) is 35.6 Å². The van der Waals surface area contributed by atoms with Crippen LogP contribution in [0.5, 0.6) is 5.75 Å². The highest BCUT2D eigenvalue weighted by Crippen LogP contribution is 2.42. The molecule has 31 heavy (non-hydrogen) atoms. The zero-order valence-corrected chi connectivity index (χ0v) is 19.2. The maximum absolute atomic E-state index is 13.1. The molecule has 0 aliphatic carbocycles. The van der Waals surface area contributed by atoms with Gasteiger partial charge in [-0.1, -0.05) is 51.1 Å². The van der Waals surface area contributed by atoms with Gasteiger partial charge in [-0.2, -0.15) is 0 Å². The van der Waals surface area contributed by atoms with E-state index >= 15 is 0 Å². The number of aromatic nitrogens is 1. The molecule has 0 N–H and O–H groups in total. The largest absolute Gasteiger partial charge is 0.497 e. The number of amides is 1. The molecule has 1 amide bonds. The number of hydrogen-bond acceptors (Lipinski definition) is 2. The lowest BCUT2D eigenvalue weighted by molar-refractivity contribution is -0.131. The number of carbonyl (C=O) groups excluding carboxylic acids is 1.